The first-order valence-electron chi connectivity index (χ1n) is 3.25. The number of carbonyl (C=O) groups is 1. The van der Waals surface area contributed by atoms with E-state index >= 15 is 0 Å². The summed E-state index contributed by atoms with van der Waals surface area (Å²) in [5.74, 6) is -1.45. The van der Waals surface area contributed by atoms with Crippen LogP contribution >= 0.6 is 11.6 Å². The van der Waals surface area contributed by atoms with E-state index in [0.717, 1.165) is 6.07 Å². The second-order valence-electron chi connectivity index (χ2n) is 2.31. The number of carboxylic acids is 1. The summed E-state index contributed by atoms with van der Waals surface area (Å²) >= 11 is 5.57. The Bertz CT molecular complexity index is 312. The van der Waals surface area contributed by atoms with E-state index in [1.165, 1.54) is 12.1 Å². The van der Waals surface area contributed by atoms with Crippen LogP contribution in [0.3, 0.4) is 0 Å². The highest BCUT2D eigenvalue weighted by atomic mass is 35.5. The monoisotopic (exact) mass is 188 g/mol. The van der Waals surface area contributed by atoms with Crippen molar-refractivity contribution in [2.24, 2.45) is 0 Å². The Hall–Kier alpha value is -1.09. The molecule has 1 rings (SSSR count). The Morgan fingerprint density at radius 2 is 2.25 bits per heavy atom. The molecule has 2 nitrogen and oxygen atoms in total. The highest BCUT2D eigenvalue weighted by Gasteiger charge is 2.05. The van der Waals surface area contributed by atoms with Crippen LogP contribution < -0.4 is 0 Å². The fourth-order valence-electron chi connectivity index (χ4n) is 0.828. The molecule has 0 aliphatic heterocycles. The molecule has 12 heavy (non-hydrogen) atoms. The summed E-state index contributed by atoms with van der Waals surface area (Å²) in [7, 11) is 0. The topological polar surface area (TPSA) is 37.3 Å². The van der Waals surface area contributed by atoms with Gasteiger partial charge in [-0.2, -0.15) is 0 Å². The third-order valence-electron chi connectivity index (χ3n) is 1.36. The van der Waals surface area contributed by atoms with Crippen LogP contribution in [0.4, 0.5) is 4.39 Å². The molecule has 0 fully saturated rings. The molecule has 0 aliphatic rings. The van der Waals surface area contributed by atoms with Gasteiger partial charge in [0.25, 0.3) is 0 Å². The van der Waals surface area contributed by atoms with Crippen molar-refractivity contribution >= 4 is 17.6 Å². The van der Waals surface area contributed by atoms with Gasteiger partial charge in [0.1, 0.15) is 5.82 Å². The molecule has 1 N–H and O–H groups in total. The van der Waals surface area contributed by atoms with Gasteiger partial charge in [0.2, 0.25) is 0 Å². The van der Waals surface area contributed by atoms with Crippen LogP contribution in [0.5, 0.6) is 0 Å². The van der Waals surface area contributed by atoms with E-state index in [4.69, 9.17) is 16.7 Å². The first kappa shape index (κ1) is 9.00. The van der Waals surface area contributed by atoms with E-state index in [9.17, 15) is 9.18 Å². The molecule has 4 heteroatoms. The average Bonchev–Trinajstić information content (AvgIpc) is 1.94. The Morgan fingerprint density at radius 1 is 1.58 bits per heavy atom. The SMILES string of the molecule is O=C(O)Cc1ccc(F)cc1Cl. The van der Waals surface area contributed by atoms with Gasteiger partial charge < -0.3 is 5.11 Å². The molecule has 0 amide bonds. The molecule has 64 valence electrons. The molecule has 0 spiro atoms. The summed E-state index contributed by atoms with van der Waals surface area (Å²) in [4.78, 5) is 10.3. The Balaban J connectivity index is 2.93. The molecule has 1 aromatic rings. The van der Waals surface area contributed by atoms with Crippen LogP contribution in [-0.2, 0) is 11.2 Å². The minimum absolute atomic E-state index is 0.150. The van der Waals surface area contributed by atoms with Gasteiger partial charge in [-0.25, -0.2) is 4.39 Å². The number of carboxylic acid groups (broad SMARTS) is 1. The van der Waals surface area contributed by atoms with Gasteiger partial charge in [0, 0.05) is 5.02 Å². The standard InChI is InChI=1S/C8H6ClFO2/c9-7-4-6(10)2-1-5(7)3-8(11)12/h1-2,4H,3H2,(H,11,12). The summed E-state index contributed by atoms with van der Waals surface area (Å²) in [6.07, 6.45) is -0.181. The second kappa shape index (κ2) is 3.54. The van der Waals surface area contributed by atoms with Crippen LogP contribution in [0.15, 0.2) is 18.2 Å². The zero-order chi connectivity index (χ0) is 9.14. The zero-order valence-electron chi connectivity index (χ0n) is 6.05. The normalized spacial score (nSPS) is 9.83. The van der Waals surface area contributed by atoms with Crippen LogP contribution in [0.1, 0.15) is 5.56 Å². The smallest absolute Gasteiger partial charge is 0.307 e. The molecular formula is C8H6ClFO2. The molecule has 1 aromatic carbocycles. The van der Waals surface area contributed by atoms with Crippen molar-refractivity contribution in [1.82, 2.24) is 0 Å². The highest BCUT2D eigenvalue weighted by molar-refractivity contribution is 6.31. The fraction of sp³-hybridized carbons (Fsp3) is 0.125. The Labute approximate surface area is 73.6 Å². The number of aliphatic carboxylic acids is 1. The molecule has 0 saturated heterocycles. The van der Waals surface area contributed by atoms with Gasteiger partial charge in [0.15, 0.2) is 0 Å². The van der Waals surface area contributed by atoms with Crippen molar-refractivity contribution in [2.45, 2.75) is 6.42 Å². The number of hydrogen-bond acceptors (Lipinski definition) is 1. The molecule has 0 aliphatic carbocycles. The average molecular weight is 189 g/mol. The van der Waals surface area contributed by atoms with Crippen molar-refractivity contribution in [3.8, 4) is 0 Å². The lowest BCUT2D eigenvalue weighted by atomic mass is 10.1. The lowest BCUT2D eigenvalue weighted by molar-refractivity contribution is -0.136. The van der Waals surface area contributed by atoms with Crippen molar-refractivity contribution in [3.63, 3.8) is 0 Å². The zero-order valence-corrected chi connectivity index (χ0v) is 6.81. The first-order chi connectivity index (χ1) is 5.59. The van der Waals surface area contributed by atoms with Gasteiger partial charge in [-0.05, 0) is 17.7 Å². The Kier molecular flexibility index (Phi) is 2.65. The molecule has 0 bridgehead atoms. The Morgan fingerprint density at radius 3 is 2.75 bits per heavy atom. The van der Waals surface area contributed by atoms with E-state index < -0.39 is 11.8 Å². The predicted molar refractivity (Wildman–Crippen MR) is 42.7 cm³/mol. The van der Waals surface area contributed by atoms with E-state index in [-0.39, 0.29) is 11.4 Å². The second-order valence-corrected chi connectivity index (χ2v) is 2.71. The largest absolute Gasteiger partial charge is 0.481 e. The lowest BCUT2D eigenvalue weighted by Crippen LogP contribution is -2.00. The third-order valence-corrected chi connectivity index (χ3v) is 1.71. The maximum Gasteiger partial charge on any atom is 0.307 e. The van der Waals surface area contributed by atoms with Crippen LogP contribution in [0.2, 0.25) is 5.02 Å². The minimum Gasteiger partial charge on any atom is -0.481 e. The van der Waals surface area contributed by atoms with E-state index in [1.54, 1.807) is 0 Å². The van der Waals surface area contributed by atoms with Crippen molar-refractivity contribution in [3.05, 3.63) is 34.6 Å². The van der Waals surface area contributed by atoms with Crippen molar-refractivity contribution in [1.29, 1.82) is 0 Å². The molecule has 0 atom stereocenters. The molecule has 0 heterocycles. The maximum atomic E-state index is 12.5. The molecule has 0 aromatic heterocycles. The summed E-state index contributed by atoms with van der Waals surface area (Å²) in [5, 5.41) is 8.56. The minimum atomic E-state index is -0.983. The van der Waals surface area contributed by atoms with Gasteiger partial charge in [-0.15, -0.1) is 0 Å². The fourth-order valence-corrected chi connectivity index (χ4v) is 1.06. The van der Waals surface area contributed by atoms with Gasteiger partial charge >= 0.3 is 5.97 Å². The van der Waals surface area contributed by atoms with Gasteiger partial charge in [-0.1, -0.05) is 17.7 Å². The molecule has 0 radical (unpaired) electrons. The predicted octanol–water partition coefficient (Wildman–Crippen LogP) is 2.11. The third kappa shape index (κ3) is 2.20. The van der Waals surface area contributed by atoms with E-state index in [2.05, 4.69) is 0 Å². The number of hydrogen-bond donors (Lipinski definition) is 1. The van der Waals surface area contributed by atoms with Crippen LogP contribution in [0, 0.1) is 5.82 Å². The highest BCUT2D eigenvalue weighted by Crippen LogP contribution is 2.17. The molecular weight excluding hydrogens is 183 g/mol. The number of rotatable bonds is 2. The molecule has 0 saturated carbocycles. The van der Waals surface area contributed by atoms with Crippen LogP contribution in [-0.4, -0.2) is 11.1 Å². The molecule has 0 unspecified atom stereocenters. The van der Waals surface area contributed by atoms with E-state index in [0.29, 0.717) is 5.56 Å². The number of benzene rings is 1. The van der Waals surface area contributed by atoms with E-state index in [1.807, 2.05) is 0 Å². The van der Waals surface area contributed by atoms with Gasteiger partial charge in [0.05, 0.1) is 6.42 Å². The summed E-state index contributed by atoms with van der Waals surface area (Å²) in [6.45, 7) is 0. The first-order valence-corrected chi connectivity index (χ1v) is 3.63. The quantitative estimate of drug-likeness (QED) is 0.772. The number of halogens is 2. The van der Waals surface area contributed by atoms with Crippen molar-refractivity contribution in [2.75, 3.05) is 0 Å². The van der Waals surface area contributed by atoms with Crippen molar-refractivity contribution < 1.29 is 14.3 Å². The van der Waals surface area contributed by atoms with Gasteiger partial charge in [-0.3, -0.25) is 4.79 Å². The maximum absolute atomic E-state index is 12.5. The van der Waals surface area contributed by atoms with Crippen LogP contribution in [0.25, 0.3) is 0 Å². The lowest BCUT2D eigenvalue weighted by Gasteiger charge is -1.99. The summed E-state index contributed by atoms with van der Waals surface area (Å²) in [6, 6.07) is 3.65. The summed E-state index contributed by atoms with van der Waals surface area (Å²) in [5.41, 5.74) is 0.422. The summed E-state index contributed by atoms with van der Waals surface area (Å²) < 4.78 is 12.5.